The Morgan fingerprint density at radius 2 is 1.62 bits per heavy atom. The maximum Gasteiger partial charge on any atom is 0.481 e. The van der Waals surface area contributed by atoms with Crippen LogP contribution in [-0.4, -0.2) is 67.6 Å². The molecular weight excluding hydrogens is 500 g/mol. The number of hydrogen-bond acceptors (Lipinski definition) is 11. The van der Waals surface area contributed by atoms with Crippen molar-refractivity contribution < 1.29 is 47.2 Å². The average Bonchev–Trinajstić information content (AvgIpc) is 3.02. The molecule has 1 aromatic rings. The molecule has 0 spiro atoms. The number of hydrogen-bond donors (Lipinski definition) is 6. The van der Waals surface area contributed by atoms with Gasteiger partial charge >= 0.3 is 21.3 Å². The van der Waals surface area contributed by atoms with E-state index in [1.54, 1.807) is 0 Å². The maximum absolute atomic E-state index is 12.0. The highest BCUT2D eigenvalue weighted by atomic mass is 31.3. The Morgan fingerprint density at radius 1 is 1.00 bits per heavy atom. The second-order valence-electron chi connectivity index (χ2n) is 7.62. The molecule has 15 nitrogen and oxygen atoms in total. The Bertz CT molecular complexity index is 985. The van der Waals surface area contributed by atoms with Crippen molar-refractivity contribution in [3.8, 4) is 0 Å². The number of rotatable bonds is 15. The summed E-state index contributed by atoms with van der Waals surface area (Å²) in [6, 6.07) is 0.990. The summed E-state index contributed by atoms with van der Waals surface area (Å²) in [4.78, 5) is 44.4. The van der Waals surface area contributed by atoms with E-state index >= 15 is 0 Å². The number of ether oxygens (including phenoxy) is 1. The summed E-state index contributed by atoms with van der Waals surface area (Å²) in [5, 5.41) is 20.2. The molecule has 1 aliphatic rings. The van der Waals surface area contributed by atoms with Crippen molar-refractivity contribution >= 4 is 15.6 Å². The zero-order chi connectivity index (χ0) is 25.4. The standard InChI is InChI=1S/C17H31N3O12P2/c18-8-5-3-1-2-4-6-10-29-33(25,26)32-34(27,28)30-11-12-14(22)15(23)16(31-12)20-9-7-13(21)19-17(20)24/h7,9,12,14-16,22-23H,1-6,8,10-11,18H2,(H,25,26)(H,27,28)(H,19,21,24). The van der Waals surface area contributed by atoms with Crippen molar-refractivity contribution in [2.45, 2.75) is 63.1 Å². The third-order valence-electron chi connectivity index (χ3n) is 4.92. The zero-order valence-corrected chi connectivity index (χ0v) is 20.1. The lowest BCUT2D eigenvalue weighted by Gasteiger charge is -2.19. The van der Waals surface area contributed by atoms with E-state index in [-0.39, 0.29) is 6.61 Å². The molecule has 0 amide bonds. The van der Waals surface area contributed by atoms with Crippen LogP contribution in [0.1, 0.15) is 44.8 Å². The van der Waals surface area contributed by atoms with E-state index in [1.807, 2.05) is 4.98 Å². The molecule has 2 heterocycles. The van der Waals surface area contributed by atoms with E-state index < -0.39 is 58.0 Å². The number of aliphatic hydroxyl groups excluding tert-OH is 2. The molecule has 0 bridgehead atoms. The topological polar surface area (TPSA) is 233 Å². The molecule has 0 saturated carbocycles. The third-order valence-corrected chi connectivity index (χ3v) is 7.56. The number of phosphoric ester groups is 2. The molecule has 0 aliphatic carbocycles. The van der Waals surface area contributed by atoms with Gasteiger partial charge in [-0.15, -0.1) is 0 Å². The van der Waals surface area contributed by atoms with Crippen LogP contribution in [0.25, 0.3) is 0 Å². The summed E-state index contributed by atoms with van der Waals surface area (Å²) >= 11 is 0. The van der Waals surface area contributed by atoms with E-state index in [1.165, 1.54) is 0 Å². The van der Waals surface area contributed by atoms with Gasteiger partial charge in [0.25, 0.3) is 5.56 Å². The first-order valence-electron chi connectivity index (χ1n) is 10.6. The average molecular weight is 531 g/mol. The summed E-state index contributed by atoms with van der Waals surface area (Å²) in [7, 11) is -10.1. The minimum absolute atomic E-state index is 0.184. The number of aliphatic hydroxyl groups is 2. The summed E-state index contributed by atoms with van der Waals surface area (Å²) < 4.78 is 43.6. The van der Waals surface area contributed by atoms with Crippen LogP contribution in [0.4, 0.5) is 0 Å². The van der Waals surface area contributed by atoms with Crippen molar-refractivity contribution in [1.82, 2.24) is 9.55 Å². The first kappa shape index (κ1) is 29.0. The number of nitrogens with two attached hydrogens (primary N) is 1. The lowest BCUT2D eigenvalue weighted by Crippen LogP contribution is -2.37. The van der Waals surface area contributed by atoms with Crippen molar-refractivity contribution in [3.05, 3.63) is 33.1 Å². The van der Waals surface area contributed by atoms with Gasteiger partial charge in [-0.2, -0.15) is 4.31 Å². The molecule has 17 heteroatoms. The Hall–Kier alpha value is -1.22. The largest absolute Gasteiger partial charge is 0.481 e. The van der Waals surface area contributed by atoms with Crippen molar-refractivity contribution in [3.63, 3.8) is 0 Å². The van der Waals surface area contributed by atoms with E-state index in [2.05, 4.69) is 13.4 Å². The number of aromatic amines is 1. The molecule has 1 aromatic heterocycles. The second kappa shape index (κ2) is 13.2. The second-order valence-corrected chi connectivity index (χ2v) is 10.7. The fourth-order valence-corrected chi connectivity index (χ4v) is 5.32. The number of nitrogens with one attached hydrogen (secondary N) is 1. The molecule has 7 N–H and O–H groups in total. The van der Waals surface area contributed by atoms with Gasteiger partial charge in [0.1, 0.15) is 18.3 Å². The van der Waals surface area contributed by atoms with Gasteiger partial charge < -0.3 is 30.5 Å². The smallest absolute Gasteiger partial charge is 0.387 e. The van der Waals surface area contributed by atoms with Gasteiger partial charge in [0.2, 0.25) is 0 Å². The molecule has 1 fully saturated rings. The van der Waals surface area contributed by atoms with Gasteiger partial charge in [-0.3, -0.25) is 23.4 Å². The number of unbranched alkanes of at least 4 members (excludes halogenated alkanes) is 5. The van der Waals surface area contributed by atoms with Gasteiger partial charge in [-0.25, -0.2) is 13.9 Å². The van der Waals surface area contributed by atoms with Gasteiger partial charge in [0.15, 0.2) is 6.23 Å². The zero-order valence-electron chi connectivity index (χ0n) is 18.3. The van der Waals surface area contributed by atoms with Crippen LogP contribution in [0.3, 0.4) is 0 Å². The van der Waals surface area contributed by atoms with Crippen LogP contribution in [0, 0.1) is 0 Å². The Morgan fingerprint density at radius 3 is 2.26 bits per heavy atom. The lowest BCUT2D eigenvalue weighted by atomic mass is 10.1. The van der Waals surface area contributed by atoms with Crippen LogP contribution in [0.15, 0.2) is 21.9 Å². The number of aromatic nitrogens is 2. The Balaban J connectivity index is 1.81. The van der Waals surface area contributed by atoms with Crippen LogP contribution in [-0.2, 0) is 27.2 Å². The quantitative estimate of drug-likeness (QED) is 0.126. The highest BCUT2D eigenvalue weighted by Crippen LogP contribution is 2.60. The fourth-order valence-electron chi connectivity index (χ4n) is 3.20. The first-order valence-corrected chi connectivity index (χ1v) is 13.6. The van der Waals surface area contributed by atoms with Gasteiger partial charge in [0, 0.05) is 12.3 Å². The molecule has 0 radical (unpaired) electrons. The molecule has 6 atom stereocenters. The number of nitrogens with zero attached hydrogens (tertiary/aromatic N) is 1. The van der Waals surface area contributed by atoms with E-state index in [4.69, 9.17) is 10.5 Å². The number of H-pyrrole nitrogens is 1. The van der Waals surface area contributed by atoms with Gasteiger partial charge in [-0.1, -0.05) is 25.7 Å². The van der Waals surface area contributed by atoms with Crippen LogP contribution < -0.4 is 17.0 Å². The Labute approximate surface area is 194 Å². The molecule has 1 saturated heterocycles. The molecule has 34 heavy (non-hydrogen) atoms. The molecular formula is C17H31N3O12P2. The minimum Gasteiger partial charge on any atom is -0.387 e. The lowest BCUT2D eigenvalue weighted by molar-refractivity contribution is -0.0543. The molecule has 1 aliphatic heterocycles. The molecule has 6 unspecified atom stereocenters. The van der Waals surface area contributed by atoms with Crippen LogP contribution in [0.5, 0.6) is 0 Å². The predicted octanol–water partition coefficient (Wildman–Crippen LogP) is -0.294. The van der Waals surface area contributed by atoms with Gasteiger partial charge in [0.05, 0.1) is 13.2 Å². The van der Waals surface area contributed by atoms with E-state index in [0.29, 0.717) is 13.0 Å². The summed E-state index contributed by atoms with van der Waals surface area (Å²) in [5.74, 6) is 0. The van der Waals surface area contributed by atoms with Crippen molar-refractivity contribution in [1.29, 1.82) is 0 Å². The SMILES string of the molecule is NCCCCCCCCOP(=O)(O)OP(=O)(O)OCC1OC(n2ccc(=O)[nH]c2=O)C(O)C1O. The monoisotopic (exact) mass is 531 g/mol. The number of phosphoric acid groups is 2. The molecule has 196 valence electrons. The first-order chi connectivity index (χ1) is 16.0. The van der Waals surface area contributed by atoms with Crippen molar-refractivity contribution in [2.75, 3.05) is 19.8 Å². The van der Waals surface area contributed by atoms with Crippen LogP contribution >= 0.6 is 15.6 Å². The maximum atomic E-state index is 12.0. The summed E-state index contributed by atoms with van der Waals surface area (Å²) in [6.07, 6.45) is -0.228. The highest BCUT2D eigenvalue weighted by Gasteiger charge is 2.46. The van der Waals surface area contributed by atoms with Crippen LogP contribution in [0.2, 0.25) is 0 Å². The fraction of sp³-hybridized carbons (Fsp3) is 0.765. The molecule has 0 aromatic carbocycles. The van der Waals surface area contributed by atoms with E-state index in [0.717, 1.165) is 48.9 Å². The Kier molecular flexibility index (Phi) is 11.3. The highest BCUT2D eigenvalue weighted by molar-refractivity contribution is 7.61. The minimum atomic E-state index is -5.13. The normalized spacial score (nSPS) is 26.3. The summed E-state index contributed by atoms with van der Waals surface area (Å²) in [6.45, 7) is -0.403. The molecule has 2 rings (SSSR count). The third kappa shape index (κ3) is 9.10. The predicted molar refractivity (Wildman–Crippen MR) is 117 cm³/mol. The van der Waals surface area contributed by atoms with Gasteiger partial charge in [-0.05, 0) is 19.4 Å². The van der Waals surface area contributed by atoms with Crippen molar-refractivity contribution in [2.24, 2.45) is 5.73 Å². The summed E-state index contributed by atoms with van der Waals surface area (Å²) in [5.41, 5.74) is 3.79. The van der Waals surface area contributed by atoms with E-state index in [9.17, 15) is 38.7 Å².